The zero-order chi connectivity index (χ0) is 13.9. The van der Waals surface area contributed by atoms with Crippen molar-refractivity contribution >= 4 is 11.0 Å². The number of phenolic OH excluding ortho intramolecular Hbond substituents is 1. The molecule has 0 aliphatic heterocycles. The summed E-state index contributed by atoms with van der Waals surface area (Å²) in [5, 5.41) is 10.4. The number of rotatable bonds is 4. The molecular formula is C16H15NO3. The number of hydrogen-bond donors (Lipinski definition) is 2. The molecule has 3 aromatic rings. The van der Waals surface area contributed by atoms with E-state index in [1.165, 1.54) is 0 Å². The molecule has 0 saturated carbocycles. The standard InChI is InChI=1S/C16H15NO3/c17-9-11-3-1-6-16-15(11)8-14(20-16)10-19-13-5-2-4-12(18)7-13/h1-8,18H,9-10,17H2. The first-order valence-electron chi connectivity index (χ1n) is 6.38. The van der Waals surface area contributed by atoms with Crippen LogP contribution in [0.5, 0.6) is 11.5 Å². The number of nitrogens with two attached hydrogens (primary N) is 1. The molecule has 0 radical (unpaired) electrons. The van der Waals surface area contributed by atoms with Gasteiger partial charge in [-0.15, -0.1) is 0 Å². The lowest BCUT2D eigenvalue weighted by atomic mass is 10.1. The van der Waals surface area contributed by atoms with Crippen LogP contribution in [-0.4, -0.2) is 5.11 Å². The Labute approximate surface area is 116 Å². The minimum atomic E-state index is 0.178. The fourth-order valence-corrected chi connectivity index (χ4v) is 2.15. The summed E-state index contributed by atoms with van der Waals surface area (Å²) in [6, 6.07) is 14.4. The maximum Gasteiger partial charge on any atom is 0.146 e. The second-order valence-corrected chi connectivity index (χ2v) is 4.53. The summed E-state index contributed by atoms with van der Waals surface area (Å²) in [5.74, 6) is 1.51. The average molecular weight is 269 g/mol. The van der Waals surface area contributed by atoms with Crippen LogP contribution < -0.4 is 10.5 Å². The molecule has 0 saturated heterocycles. The lowest BCUT2D eigenvalue weighted by molar-refractivity contribution is 0.273. The predicted octanol–water partition coefficient (Wildman–Crippen LogP) is 3.18. The van der Waals surface area contributed by atoms with Gasteiger partial charge < -0.3 is 20.0 Å². The Morgan fingerprint density at radius 3 is 2.75 bits per heavy atom. The highest BCUT2D eigenvalue weighted by Crippen LogP contribution is 2.24. The molecule has 4 heteroatoms. The van der Waals surface area contributed by atoms with Gasteiger partial charge in [0, 0.05) is 18.0 Å². The Morgan fingerprint density at radius 2 is 1.95 bits per heavy atom. The van der Waals surface area contributed by atoms with Crippen LogP contribution in [0.1, 0.15) is 11.3 Å². The minimum Gasteiger partial charge on any atom is -0.508 e. The Morgan fingerprint density at radius 1 is 1.10 bits per heavy atom. The van der Waals surface area contributed by atoms with Crippen molar-refractivity contribution in [3.63, 3.8) is 0 Å². The fourth-order valence-electron chi connectivity index (χ4n) is 2.15. The third-order valence-corrected chi connectivity index (χ3v) is 3.12. The molecule has 0 aliphatic rings. The van der Waals surface area contributed by atoms with Crippen LogP contribution in [0.25, 0.3) is 11.0 Å². The van der Waals surface area contributed by atoms with Crippen molar-refractivity contribution in [2.45, 2.75) is 13.2 Å². The number of hydrogen-bond acceptors (Lipinski definition) is 4. The Bertz CT molecular complexity index is 733. The largest absolute Gasteiger partial charge is 0.508 e. The number of benzene rings is 2. The van der Waals surface area contributed by atoms with Crippen molar-refractivity contribution in [3.8, 4) is 11.5 Å². The topological polar surface area (TPSA) is 68.6 Å². The van der Waals surface area contributed by atoms with Gasteiger partial charge in [-0.25, -0.2) is 0 Å². The first kappa shape index (κ1) is 12.6. The molecule has 1 aromatic heterocycles. The maximum atomic E-state index is 9.38. The molecule has 0 atom stereocenters. The van der Waals surface area contributed by atoms with E-state index in [0.717, 1.165) is 22.3 Å². The van der Waals surface area contributed by atoms with Gasteiger partial charge in [0.1, 0.15) is 29.4 Å². The summed E-state index contributed by atoms with van der Waals surface area (Å²) in [4.78, 5) is 0. The van der Waals surface area contributed by atoms with E-state index in [4.69, 9.17) is 14.9 Å². The average Bonchev–Trinajstić information content (AvgIpc) is 2.88. The van der Waals surface area contributed by atoms with E-state index in [9.17, 15) is 5.11 Å². The van der Waals surface area contributed by atoms with Gasteiger partial charge in [-0.1, -0.05) is 18.2 Å². The van der Waals surface area contributed by atoms with E-state index >= 15 is 0 Å². The molecule has 20 heavy (non-hydrogen) atoms. The van der Waals surface area contributed by atoms with Gasteiger partial charge in [-0.3, -0.25) is 0 Å². The fraction of sp³-hybridized carbons (Fsp3) is 0.125. The van der Waals surface area contributed by atoms with E-state index in [1.807, 2.05) is 24.3 Å². The molecular weight excluding hydrogens is 254 g/mol. The number of fused-ring (bicyclic) bond motifs is 1. The molecule has 0 bridgehead atoms. The zero-order valence-electron chi connectivity index (χ0n) is 10.9. The van der Waals surface area contributed by atoms with Gasteiger partial charge in [0.05, 0.1) is 0 Å². The van der Waals surface area contributed by atoms with Gasteiger partial charge in [0.2, 0.25) is 0 Å². The highest BCUT2D eigenvalue weighted by molar-refractivity contribution is 5.81. The summed E-state index contributed by atoms with van der Waals surface area (Å²) in [6.45, 7) is 0.784. The molecule has 3 N–H and O–H groups in total. The van der Waals surface area contributed by atoms with Crippen molar-refractivity contribution in [1.29, 1.82) is 0 Å². The van der Waals surface area contributed by atoms with Gasteiger partial charge in [-0.2, -0.15) is 0 Å². The third kappa shape index (κ3) is 2.46. The molecule has 0 amide bonds. The van der Waals surface area contributed by atoms with Crippen molar-refractivity contribution in [2.24, 2.45) is 5.73 Å². The van der Waals surface area contributed by atoms with Crippen LogP contribution in [0.3, 0.4) is 0 Å². The molecule has 102 valence electrons. The van der Waals surface area contributed by atoms with Crippen LogP contribution in [0.15, 0.2) is 52.9 Å². The van der Waals surface area contributed by atoms with Crippen LogP contribution in [0.4, 0.5) is 0 Å². The van der Waals surface area contributed by atoms with E-state index in [1.54, 1.807) is 24.3 Å². The highest BCUT2D eigenvalue weighted by Gasteiger charge is 2.07. The van der Waals surface area contributed by atoms with Gasteiger partial charge >= 0.3 is 0 Å². The number of phenols is 1. The molecule has 0 aliphatic carbocycles. The lowest BCUT2D eigenvalue weighted by Gasteiger charge is -2.03. The molecule has 1 heterocycles. The summed E-state index contributed by atoms with van der Waals surface area (Å²) < 4.78 is 11.3. The molecule has 0 spiro atoms. The van der Waals surface area contributed by atoms with Crippen molar-refractivity contribution in [3.05, 3.63) is 59.9 Å². The quantitative estimate of drug-likeness (QED) is 0.763. The molecule has 4 nitrogen and oxygen atoms in total. The van der Waals surface area contributed by atoms with Crippen LogP contribution in [-0.2, 0) is 13.2 Å². The monoisotopic (exact) mass is 269 g/mol. The Hall–Kier alpha value is -2.46. The highest BCUT2D eigenvalue weighted by atomic mass is 16.5. The molecule has 2 aromatic carbocycles. The first-order valence-corrected chi connectivity index (χ1v) is 6.38. The molecule has 0 fully saturated rings. The minimum absolute atomic E-state index is 0.178. The lowest BCUT2D eigenvalue weighted by Crippen LogP contribution is -1.95. The summed E-state index contributed by atoms with van der Waals surface area (Å²) >= 11 is 0. The first-order chi connectivity index (χ1) is 9.76. The summed E-state index contributed by atoms with van der Waals surface area (Å²) in [6.07, 6.45) is 0. The van der Waals surface area contributed by atoms with Crippen LogP contribution >= 0.6 is 0 Å². The summed E-state index contributed by atoms with van der Waals surface area (Å²) in [5.41, 5.74) is 7.56. The normalized spacial score (nSPS) is 10.8. The Kier molecular flexibility index (Phi) is 3.31. The SMILES string of the molecule is NCc1cccc2oc(COc3cccc(O)c3)cc12. The van der Waals surface area contributed by atoms with Crippen molar-refractivity contribution in [2.75, 3.05) is 0 Å². The van der Waals surface area contributed by atoms with E-state index in [2.05, 4.69) is 0 Å². The second kappa shape index (κ2) is 5.27. The number of furan rings is 1. The zero-order valence-corrected chi connectivity index (χ0v) is 10.9. The van der Waals surface area contributed by atoms with E-state index in [-0.39, 0.29) is 5.75 Å². The predicted molar refractivity (Wildman–Crippen MR) is 76.5 cm³/mol. The number of ether oxygens (including phenoxy) is 1. The summed E-state index contributed by atoms with van der Waals surface area (Å²) in [7, 11) is 0. The smallest absolute Gasteiger partial charge is 0.146 e. The van der Waals surface area contributed by atoms with Crippen molar-refractivity contribution < 1.29 is 14.3 Å². The second-order valence-electron chi connectivity index (χ2n) is 4.53. The van der Waals surface area contributed by atoms with Gasteiger partial charge in [-0.05, 0) is 29.8 Å². The van der Waals surface area contributed by atoms with E-state index < -0.39 is 0 Å². The van der Waals surface area contributed by atoms with Gasteiger partial charge in [0.15, 0.2) is 0 Å². The van der Waals surface area contributed by atoms with E-state index in [0.29, 0.717) is 18.9 Å². The van der Waals surface area contributed by atoms with Crippen LogP contribution in [0.2, 0.25) is 0 Å². The van der Waals surface area contributed by atoms with Crippen molar-refractivity contribution in [1.82, 2.24) is 0 Å². The number of aromatic hydroxyl groups is 1. The maximum absolute atomic E-state index is 9.38. The third-order valence-electron chi connectivity index (χ3n) is 3.12. The Balaban J connectivity index is 1.81. The molecule has 3 rings (SSSR count). The molecule has 0 unspecified atom stereocenters. The van der Waals surface area contributed by atoms with Gasteiger partial charge in [0.25, 0.3) is 0 Å². The van der Waals surface area contributed by atoms with Crippen LogP contribution in [0, 0.1) is 0 Å².